The number of benzene rings is 2. The van der Waals surface area contributed by atoms with E-state index in [2.05, 4.69) is 9.98 Å². The molecule has 1 aliphatic rings. The molecule has 0 saturated carbocycles. The molecule has 3 nitrogen and oxygen atoms in total. The number of nitrogens with zero attached hydrogens (tertiary/aromatic N) is 1. The fourth-order valence-electron chi connectivity index (χ4n) is 2.53. The van der Waals surface area contributed by atoms with Crippen LogP contribution < -0.4 is 10.6 Å². The number of nitrogens with one attached hydrogen (secondary N) is 1. The quantitative estimate of drug-likeness (QED) is 0.695. The Morgan fingerprint density at radius 2 is 1.74 bits per heavy atom. The van der Waals surface area contributed by atoms with Crippen molar-refractivity contribution in [1.29, 1.82) is 0 Å². The number of hydrogen-bond acceptors (Lipinski definition) is 1. The van der Waals surface area contributed by atoms with Crippen LogP contribution in [-0.4, -0.2) is 10.9 Å². The Bertz CT molecular complexity index is 902. The summed E-state index contributed by atoms with van der Waals surface area (Å²) in [5, 5.41) is 2.75. The Morgan fingerprint density at radius 1 is 0.947 bits per heavy atom. The van der Waals surface area contributed by atoms with Crippen molar-refractivity contribution in [3.05, 3.63) is 70.9 Å². The molecule has 4 rings (SSSR count). The summed E-state index contributed by atoms with van der Waals surface area (Å²) in [6.07, 6.45) is 0. The van der Waals surface area contributed by atoms with Crippen molar-refractivity contribution in [3.8, 4) is 0 Å². The highest BCUT2D eigenvalue weighted by Gasteiger charge is 2.19. The molecular weight excluding hydrogens is 236 g/mol. The van der Waals surface area contributed by atoms with Gasteiger partial charge < -0.3 is 4.98 Å². The molecule has 0 bridgehead atoms. The zero-order valence-corrected chi connectivity index (χ0v) is 10.1. The summed E-state index contributed by atoms with van der Waals surface area (Å²) in [5.41, 5.74) is 2.52. The lowest BCUT2D eigenvalue weighted by Crippen LogP contribution is -2.22. The van der Waals surface area contributed by atoms with Gasteiger partial charge in [-0.25, -0.2) is 4.99 Å². The molecule has 3 aromatic rings. The number of H-pyrrole nitrogens is 1. The van der Waals surface area contributed by atoms with Gasteiger partial charge in [0.1, 0.15) is 0 Å². The Hall–Kier alpha value is -2.68. The van der Waals surface area contributed by atoms with Gasteiger partial charge in [-0.1, -0.05) is 36.4 Å². The molecule has 1 amide bonds. The van der Waals surface area contributed by atoms with E-state index in [1.165, 1.54) is 0 Å². The van der Waals surface area contributed by atoms with Gasteiger partial charge in [0, 0.05) is 16.1 Å². The zero-order chi connectivity index (χ0) is 12.8. The predicted molar refractivity (Wildman–Crippen MR) is 73.0 cm³/mol. The summed E-state index contributed by atoms with van der Waals surface area (Å²) < 4.78 is 0. The maximum atomic E-state index is 12.1. The minimum absolute atomic E-state index is 0.173. The maximum absolute atomic E-state index is 12.1. The second-order valence-corrected chi connectivity index (χ2v) is 4.58. The molecule has 0 saturated heterocycles. The highest BCUT2D eigenvalue weighted by Crippen LogP contribution is 2.20. The topological polar surface area (TPSA) is 45.2 Å². The summed E-state index contributed by atoms with van der Waals surface area (Å²) >= 11 is 0. The highest BCUT2D eigenvalue weighted by molar-refractivity contribution is 6.21. The molecule has 1 aliphatic heterocycles. The Balaban J connectivity index is 2.08. The van der Waals surface area contributed by atoms with Crippen molar-refractivity contribution in [3.63, 3.8) is 0 Å². The fourth-order valence-corrected chi connectivity index (χ4v) is 2.53. The number of carbonyl (C=O) groups is 1. The predicted octanol–water partition coefficient (Wildman–Crippen LogP) is 1.53. The van der Waals surface area contributed by atoms with E-state index in [-0.39, 0.29) is 5.91 Å². The second-order valence-electron chi connectivity index (χ2n) is 4.58. The lowest BCUT2D eigenvalue weighted by atomic mass is 10.1. The first-order chi connectivity index (χ1) is 9.33. The van der Waals surface area contributed by atoms with Crippen molar-refractivity contribution in [2.75, 3.05) is 0 Å². The van der Waals surface area contributed by atoms with Crippen LogP contribution in [0, 0.1) is 0 Å². The van der Waals surface area contributed by atoms with Gasteiger partial charge in [0.15, 0.2) is 0 Å². The van der Waals surface area contributed by atoms with E-state index < -0.39 is 0 Å². The average Bonchev–Trinajstić information content (AvgIpc) is 2.97. The number of fused-ring (bicyclic) bond motifs is 2. The molecular formula is C16H10N2O. The third kappa shape index (κ3) is 1.45. The van der Waals surface area contributed by atoms with Crippen molar-refractivity contribution >= 4 is 22.4 Å². The second kappa shape index (κ2) is 3.65. The van der Waals surface area contributed by atoms with Crippen LogP contribution in [0.25, 0.3) is 16.5 Å². The van der Waals surface area contributed by atoms with Crippen molar-refractivity contribution in [2.45, 2.75) is 0 Å². The van der Waals surface area contributed by atoms with E-state index >= 15 is 0 Å². The van der Waals surface area contributed by atoms with Crippen molar-refractivity contribution in [2.24, 2.45) is 4.99 Å². The van der Waals surface area contributed by atoms with E-state index in [9.17, 15) is 4.79 Å². The van der Waals surface area contributed by atoms with Crippen LogP contribution in [0.5, 0.6) is 0 Å². The fraction of sp³-hybridized carbons (Fsp3) is 0. The van der Waals surface area contributed by atoms with Crippen LogP contribution in [-0.2, 0) is 4.79 Å². The van der Waals surface area contributed by atoms with Gasteiger partial charge in [0.25, 0.3) is 5.91 Å². The summed E-state index contributed by atoms with van der Waals surface area (Å²) in [4.78, 5) is 19.5. The Morgan fingerprint density at radius 3 is 2.63 bits per heavy atom. The third-order valence-electron chi connectivity index (χ3n) is 3.41. The van der Waals surface area contributed by atoms with E-state index in [0.717, 1.165) is 27.2 Å². The molecule has 0 atom stereocenters. The minimum atomic E-state index is -0.173. The number of amides is 1. The monoisotopic (exact) mass is 246 g/mol. The van der Waals surface area contributed by atoms with Crippen LogP contribution >= 0.6 is 0 Å². The molecule has 3 heteroatoms. The molecule has 0 spiro atoms. The third-order valence-corrected chi connectivity index (χ3v) is 3.41. The molecule has 19 heavy (non-hydrogen) atoms. The molecule has 0 fully saturated rings. The lowest BCUT2D eigenvalue weighted by Gasteiger charge is -1.95. The molecule has 90 valence electrons. The molecule has 1 aromatic heterocycles. The van der Waals surface area contributed by atoms with Gasteiger partial charge in [-0.2, -0.15) is 0 Å². The minimum Gasteiger partial charge on any atom is -0.354 e. The van der Waals surface area contributed by atoms with Crippen LogP contribution in [0.2, 0.25) is 0 Å². The number of para-hydroxylation sites is 2. The first-order valence-electron chi connectivity index (χ1n) is 6.13. The molecule has 0 aliphatic carbocycles. The number of rotatable bonds is 1. The van der Waals surface area contributed by atoms with Crippen molar-refractivity contribution < 1.29 is 4.79 Å². The van der Waals surface area contributed by atoms with Crippen LogP contribution in [0.4, 0.5) is 0 Å². The molecule has 2 heterocycles. The largest absolute Gasteiger partial charge is 0.354 e. The summed E-state index contributed by atoms with van der Waals surface area (Å²) in [5.74, 6) is -0.173. The lowest BCUT2D eigenvalue weighted by molar-refractivity contribution is -0.112. The summed E-state index contributed by atoms with van der Waals surface area (Å²) in [6.45, 7) is 0. The van der Waals surface area contributed by atoms with Gasteiger partial charge in [-0.3, -0.25) is 4.79 Å². The first-order valence-corrected chi connectivity index (χ1v) is 6.13. The molecule has 0 radical (unpaired) electrons. The van der Waals surface area contributed by atoms with Gasteiger partial charge in [0.2, 0.25) is 0 Å². The number of carbonyl (C=O) groups excluding carboxylic acids is 1. The Kier molecular flexibility index (Phi) is 1.97. The smallest absolute Gasteiger partial charge is 0.280 e. The van der Waals surface area contributed by atoms with Crippen molar-refractivity contribution in [1.82, 2.24) is 4.98 Å². The molecule has 1 N–H and O–H groups in total. The standard InChI is InChI=1S/C16H10N2O/c19-16-15(11-6-2-4-8-13(11)18-16)14-9-10-5-1-3-7-12(10)17-14/h1-9,17H. The van der Waals surface area contributed by atoms with E-state index in [0.29, 0.717) is 5.57 Å². The molecule has 2 aromatic carbocycles. The first kappa shape index (κ1) is 10.3. The number of aromatic nitrogens is 1. The zero-order valence-electron chi connectivity index (χ0n) is 10.1. The van der Waals surface area contributed by atoms with Crippen LogP contribution in [0.1, 0.15) is 5.69 Å². The average molecular weight is 246 g/mol. The highest BCUT2D eigenvalue weighted by atomic mass is 16.1. The SMILES string of the molecule is O=C1N=c2ccccc2=C1c1cc2ccccc2[nH]1. The molecule has 0 unspecified atom stereocenters. The number of hydrogen-bond donors (Lipinski definition) is 1. The summed E-state index contributed by atoms with van der Waals surface area (Å²) in [7, 11) is 0. The normalized spacial score (nSPS) is 13.7. The van der Waals surface area contributed by atoms with Gasteiger partial charge in [-0.15, -0.1) is 0 Å². The van der Waals surface area contributed by atoms with E-state index in [1.54, 1.807) is 0 Å². The van der Waals surface area contributed by atoms with Crippen LogP contribution in [0.15, 0.2) is 59.6 Å². The maximum Gasteiger partial charge on any atom is 0.280 e. The number of aromatic amines is 1. The van der Waals surface area contributed by atoms with Gasteiger partial charge in [0.05, 0.1) is 16.6 Å². The van der Waals surface area contributed by atoms with Crippen LogP contribution in [0.3, 0.4) is 0 Å². The Labute approximate surface area is 108 Å². The summed E-state index contributed by atoms with van der Waals surface area (Å²) in [6, 6.07) is 17.6. The van der Waals surface area contributed by atoms with E-state index in [1.807, 2.05) is 54.6 Å². The van der Waals surface area contributed by atoms with Gasteiger partial charge in [-0.05, 0) is 18.2 Å². The van der Waals surface area contributed by atoms with Gasteiger partial charge >= 0.3 is 0 Å². The van der Waals surface area contributed by atoms with E-state index in [4.69, 9.17) is 0 Å².